The molecule has 0 aliphatic carbocycles. The molecule has 0 bridgehead atoms. The molecule has 0 unspecified atom stereocenters. The lowest BCUT2D eigenvalue weighted by atomic mass is 10.1. The molecule has 36 heavy (non-hydrogen) atoms. The summed E-state index contributed by atoms with van der Waals surface area (Å²) in [6, 6.07) is 6.81. The normalized spacial score (nSPS) is 14.5. The topological polar surface area (TPSA) is 123 Å². The van der Waals surface area contributed by atoms with Crippen LogP contribution in [0.2, 0.25) is 0 Å². The first-order valence-electron chi connectivity index (χ1n) is 11.2. The van der Waals surface area contributed by atoms with Crippen LogP contribution in [-0.2, 0) is 11.2 Å². The van der Waals surface area contributed by atoms with Crippen LogP contribution in [0.15, 0.2) is 42.7 Å². The molecule has 9 nitrogen and oxygen atoms in total. The van der Waals surface area contributed by atoms with Crippen LogP contribution in [-0.4, -0.2) is 57.2 Å². The summed E-state index contributed by atoms with van der Waals surface area (Å²) in [4.78, 5) is 37.9. The summed E-state index contributed by atoms with van der Waals surface area (Å²) in [5.41, 5.74) is 7.52. The average Bonchev–Trinajstić information content (AvgIpc) is 3.26. The molecule has 4 rings (SSSR count). The van der Waals surface area contributed by atoms with Gasteiger partial charge in [0, 0.05) is 43.9 Å². The van der Waals surface area contributed by atoms with Crippen LogP contribution in [0.25, 0.3) is 11.3 Å². The number of carbonyl (C=O) groups is 2. The van der Waals surface area contributed by atoms with Crippen molar-refractivity contribution in [1.29, 1.82) is 0 Å². The van der Waals surface area contributed by atoms with Gasteiger partial charge < -0.3 is 25.1 Å². The molecule has 1 aliphatic rings. The summed E-state index contributed by atoms with van der Waals surface area (Å²) in [5, 5.41) is 0. The Morgan fingerprint density at radius 1 is 1.19 bits per heavy atom. The predicted octanol–water partition coefficient (Wildman–Crippen LogP) is 3.39. The van der Waals surface area contributed by atoms with E-state index in [-0.39, 0.29) is 35.6 Å². The molecule has 12 heteroatoms. The highest BCUT2D eigenvalue weighted by molar-refractivity contribution is 5.96. The zero-order valence-electron chi connectivity index (χ0n) is 19.3. The molecule has 1 saturated heterocycles. The first-order valence-corrected chi connectivity index (χ1v) is 11.2. The molecule has 1 fully saturated rings. The number of pyridine rings is 1. The molecule has 0 spiro atoms. The van der Waals surface area contributed by atoms with Gasteiger partial charge >= 0.3 is 6.36 Å². The number of nitrogens with one attached hydrogen (secondary N) is 1. The molecular formula is C24H24F3N5O4. The molecule has 1 aliphatic heterocycles. The van der Waals surface area contributed by atoms with E-state index >= 15 is 0 Å². The van der Waals surface area contributed by atoms with Crippen molar-refractivity contribution in [2.24, 2.45) is 5.73 Å². The monoisotopic (exact) mass is 503 g/mol. The van der Waals surface area contributed by atoms with Crippen molar-refractivity contribution in [2.75, 3.05) is 13.1 Å². The fourth-order valence-electron chi connectivity index (χ4n) is 3.90. The highest BCUT2D eigenvalue weighted by Crippen LogP contribution is 2.26. The predicted molar refractivity (Wildman–Crippen MR) is 122 cm³/mol. The number of ether oxygens (including phenoxy) is 2. The molecule has 3 N–H and O–H groups in total. The highest BCUT2D eigenvalue weighted by atomic mass is 19.4. The van der Waals surface area contributed by atoms with Crippen molar-refractivity contribution in [1.82, 2.24) is 19.9 Å². The Balaban J connectivity index is 1.32. The second kappa shape index (κ2) is 10.3. The van der Waals surface area contributed by atoms with Crippen LogP contribution in [0.1, 0.15) is 34.6 Å². The van der Waals surface area contributed by atoms with Crippen LogP contribution < -0.4 is 15.2 Å². The molecule has 1 aromatic carbocycles. The van der Waals surface area contributed by atoms with Crippen LogP contribution in [0.5, 0.6) is 11.6 Å². The number of likely N-dealkylation sites (tertiary alicyclic amines) is 1. The largest absolute Gasteiger partial charge is 0.573 e. The van der Waals surface area contributed by atoms with Gasteiger partial charge in [0.15, 0.2) is 0 Å². The molecular weight excluding hydrogens is 479 g/mol. The summed E-state index contributed by atoms with van der Waals surface area (Å²) in [5.74, 6) is -0.310. The second-order valence-corrected chi connectivity index (χ2v) is 8.38. The molecule has 190 valence electrons. The second-order valence-electron chi connectivity index (χ2n) is 8.38. The maximum absolute atomic E-state index is 12.7. The van der Waals surface area contributed by atoms with Crippen LogP contribution in [0, 0.1) is 6.92 Å². The number of benzene rings is 1. The molecule has 3 aromatic rings. The lowest BCUT2D eigenvalue weighted by Gasteiger charge is -2.32. The van der Waals surface area contributed by atoms with Crippen molar-refractivity contribution in [3.05, 3.63) is 59.7 Å². The van der Waals surface area contributed by atoms with Crippen molar-refractivity contribution >= 4 is 11.8 Å². The van der Waals surface area contributed by atoms with Gasteiger partial charge in [-0.05, 0) is 30.7 Å². The first kappa shape index (κ1) is 25.0. The summed E-state index contributed by atoms with van der Waals surface area (Å²) in [6.07, 6.45) is -0.681. The summed E-state index contributed by atoms with van der Waals surface area (Å²) < 4.78 is 46.7. The zero-order valence-corrected chi connectivity index (χ0v) is 19.3. The van der Waals surface area contributed by atoms with Gasteiger partial charge in [-0.2, -0.15) is 0 Å². The maximum atomic E-state index is 12.7. The Morgan fingerprint density at radius 3 is 2.47 bits per heavy atom. The van der Waals surface area contributed by atoms with E-state index < -0.39 is 12.3 Å². The Bertz CT molecular complexity index is 1240. The Hall–Kier alpha value is -4.09. The lowest BCUT2D eigenvalue weighted by molar-refractivity contribution is -0.274. The Kier molecular flexibility index (Phi) is 7.13. The summed E-state index contributed by atoms with van der Waals surface area (Å²) in [7, 11) is 0. The van der Waals surface area contributed by atoms with E-state index in [2.05, 4.69) is 19.7 Å². The number of hydrogen-bond acceptors (Lipinski definition) is 6. The molecule has 0 radical (unpaired) electrons. The van der Waals surface area contributed by atoms with Crippen LogP contribution in [0.3, 0.4) is 0 Å². The fraction of sp³-hybridized carbons (Fsp3) is 0.333. The fourth-order valence-corrected chi connectivity index (χ4v) is 3.90. The SMILES string of the molecule is Cc1nc(-c2cnc(OC3CCN(C(=O)Cc4ccc(OC(F)(F)F)cc4)CC3)c(C(N)=O)c2)c[nH]1. The van der Waals surface area contributed by atoms with Gasteiger partial charge in [0.25, 0.3) is 5.91 Å². The van der Waals surface area contributed by atoms with Crippen molar-refractivity contribution in [3.63, 3.8) is 0 Å². The van der Waals surface area contributed by atoms with Crippen LogP contribution in [0.4, 0.5) is 13.2 Å². The quantitative estimate of drug-likeness (QED) is 0.510. The molecule has 0 saturated carbocycles. The number of primary amides is 1. The number of aromatic nitrogens is 3. The minimum absolute atomic E-state index is 0.0549. The van der Waals surface area contributed by atoms with E-state index in [4.69, 9.17) is 10.5 Å². The number of halogens is 3. The van der Waals surface area contributed by atoms with Gasteiger partial charge in [0.2, 0.25) is 11.8 Å². The van der Waals surface area contributed by atoms with Crippen molar-refractivity contribution in [3.8, 4) is 22.9 Å². The maximum Gasteiger partial charge on any atom is 0.573 e. The van der Waals surface area contributed by atoms with E-state index in [1.807, 2.05) is 6.92 Å². The number of alkyl halides is 3. The third-order valence-corrected chi connectivity index (χ3v) is 5.70. The number of piperidine rings is 1. The number of nitrogens with two attached hydrogens (primary N) is 1. The number of H-pyrrole nitrogens is 1. The van der Waals surface area contributed by atoms with E-state index in [1.54, 1.807) is 23.4 Å². The van der Waals surface area contributed by atoms with Gasteiger partial charge in [0.05, 0.1) is 12.1 Å². The first-order chi connectivity index (χ1) is 17.1. The number of hydrogen-bond donors (Lipinski definition) is 2. The van der Waals surface area contributed by atoms with Gasteiger partial charge in [0.1, 0.15) is 23.2 Å². The van der Waals surface area contributed by atoms with Gasteiger partial charge in [-0.25, -0.2) is 9.97 Å². The van der Waals surface area contributed by atoms with E-state index in [0.717, 1.165) is 5.82 Å². The minimum Gasteiger partial charge on any atom is -0.474 e. The van der Waals surface area contributed by atoms with Crippen LogP contribution >= 0.6 is 0 Å². The molecule has 0 atom stereocenters. The summed E-state index contributed by atoms with van der Waals surface area (Å²) >= 11 is 0. The molecule has 3 heterocycles. The number of rotatable bonds is 7. The Labute approximate surface area is 204 Å². The minimum atomic E-state index is -4.77. The third-order valence-electron chi connectivity index (χ3n) is 5.70. The van der Waals surface area contributed by atoms with Crippen molar-refractivity contribution < 1.29 is 32.2 Å². The van der Waals surface area contributed by atoms with Crippen molar-refractivity contribution in [2.45, 2.75) is 38.7 Å². The zero-order chi connectivity index (χ0) is 25.9. The molecule has 2 amide bonds. The van der Waals surface area contributed by atoms with Gasteiger partial charge in [-0.1, -0.05) is 12.1 Å². The van der Waals surface area contributed by atoms with Gasteiger partial charge in [-0.15, -0.1) is 13.2 Å². The number of aryl methyl sites for hydroxylation is 1. The highest BCUT2D eigenvalue weighted by Gasteiger charge is 2.31. The van der Waals surface area contributed by atoms with E-state index in [1.165, 1.54) is 24.3 Å². The average molecular weight is 503 g/mol. The number of aromatic amines is 1. The smallest absolute Gasteiger partial charge is 0.474 e. The Morgan fingerprint density at radius 2 is 1.89 bits per heavy atom. The van der Waals surface area contributed by atoms with E-state index in [9.17, 15) is 22.8 Å². The molecule has 2 aromatic heterocycles. The number of amides is 2. The summed E-state index contributed by atoms with van der Waals surface area (Å²) in [6.45, 7) is 2.66. The standard InChI is InChI=1S/C24H24F3N5O4/c1-14-29-13-20(31-14)16-11-19(22(28)34)23(30-12-16)35-17-6-8-32(9-7-17)21(33)10-15-2-4-18(5-3-15)36-24(25,26)27/h2-5,11-13,17H,6-10H2,1H3,(H2,28,34)(H,29,31). The number of carbonyl (C=O) groups excluding carboxylic acids is 2. The third kappa shape index (κ3) is 6.32. The number of imidazole rings is 1. The lowest BCUT2D eigenvalue weighted by Crippen LogP contribution is -2.42. The van der Waals surface area contributed by atoms with Gasteiger partial charge in [-0.3, -0.25) is 9.59 Å². The van der Waals surface area contributed by atoms with E-state index in [0.29, 0.717) is 42.8 Å². The number of nitrogens with zero attached hydrogens (tertiary/aromatic N) is 3.